The van der Waals surface area contributed by atoms with Crippen LogP contribution in [0.3, 0.4) is 0 Å². The topological polar surface area (TPSA) is 38.7 Å². The molecule has 258 valence electrons. The molecule has 0 unspecified atom stereocenters. The van der Waals surface area contributed by atoms with Gasteiger partial charge in [-0.2, -0.15) is 0 Å². The smallest absolute Gasteiger partial charge is 0.164 e. The highest BCUT2D eigenvalue weighted by molar-refractivity contribution is 6.22. The molecule has 0 radical (unpaired) electrons. The van der Waals surface area contributed by atoms with Gasteiger partial charge in [-0.15, -0.1) is 0 Å². The van der Waals surface area contributed by atoms with Gasteiger partial charge < -0.3 is 0 Å². The summed E-state index contributed by atoms with van der Waals surface area (Å²) in [5, 5.41) is 9.99. The molecule has 9 aromatic carbocycles. The average Bonchev–Trinajstić information content (AvgIpc) is 3.49. The van der Waals surface area contributed by atoms with Crippen LogP contribution in [0.2, 0.25) is 0 Å². The van der Waals surface area contributed by atoms with E-state index in [1.54, 1.807) is 0 Å². The number of fused-ring (bicyclic) bond motifs is 10. The van der Waals surface area contributed by atoms with Crippen molar-refractivity contribution in [3.8, 4) is 56.4 Å². The lowest BCUT2D eigenvalue weighted by molar-refractivity contribution is 0.666. The summed E-state index contributed by atoms with van der Waals surface area (Å²) in [5.41, 5.74) is 10.7. The van der Waals surface area contributed by atoms with Gasteiger partial charge in [0.2, 0.25) is 0 Å². The average molecular weight is 702 g/mol. The Kier molecular flexibility index (Phi) is 6.90. The Bertz CT molecular complexity index is 3110. The normalized spacial score (nSPS) is 13.1. The number of nitrogens with zero attached hydrogens (tertiary/aromatic N) is 3. The molecule has 0 saturated heterocycles. The Hall–Kier alpha value is -6.97. The first-order valence-electron chi connectivity index (χ1n) is 18.9. The van der Waals surface area contributed by atoms with Crippen LogP contribution >= 0.6 is 0 Å². The minimum absolute atomic E-state index is 0.0718. The Labute approximate surface area is 319 Å². The van der Waals surface area contributed by atoms with Gasteiger partial charge in [0.05, 0.1) is 0 Å². The summed E-state index contributed by atoms with van der Waals surface area (Å²) in [6.07, 6.45) is 0. The van der Waals surface area contributed by atoms with Crippen LogP contribution in [0.25, 0.3) is 99.5 Å². The fourth-order valence-electron chi connectivity index (χ4n) is 9.11. The van der Waals surface area contributed by atoms with Crippen molar-refractivity contribution in [2.24, 2.45) is 0 Å². The number of hydrogen-bond donors (Lipinski definition) is 0. The molecule has 3 nitrogen and oxygen atoms in total. The van der Waals surface area contributed by atoms with E-state index in [4.69, 9.17) is 15.0 Å². The lowest BCUT2D eigenvalue weighted by atomic mass is 9.79. The SMILES string of the molecule is CC1(C)c2ccccc2-c2ccc3c(ccc4ccc5cc(-c6ccc(-c7nc(-c8ccccc8)nc(-c8ccccc8)n7)c7ccccc67)ccc5c43)c21. The Balaban J connectivity index is 1.07. The second-order valence-electron chi connectivity index (χ2n) is 15.2. The van der Waals surface area contributed by atoms with Crippen LogP contribution < -0.4 is 0 Å². The molecule has 55 heavy (non-hydrogen) atoms. The molecule has 1 aliphatic carbocycles. The molecule has 0 bridgehead atoms. The first kappa shape index (κ1) is 31.5. The van der Waals surface area contributed by atoms with Crippen molar-refractivity contribution in [2.75, 3.05) is 0 Å². The van der Waals surface area contributed by atoms with E-state index in [2.05, 4.69) is 129 Å². The van der Waals surface area contributed by atoms with Gasteiger partial charge in [-0.25, -0.2) is 15.0 Å². The van der Waals surface area contributed by atoms with E-state index in [0.29, 0.717) is 17.5 Å². The number of rotatable bonds is 4. The maximum absolute atomic E-state index is 5.07. The largest absolute Gasteiger partial charge is 0.208 e. The van der Waals surface area contributed by atoms with Crippen LogP contribution in [0.1, 0.15) is 25.0 Å². The Morgan fingerprint density at radius 2 is 0.891 bits per heavy atom. The molecule has 1 heterocycles. The summed E-state index contributed by atoms with van der Waals surface area (Å²) in [6, 6.07) is 63.1. The quantitative estimate of drug-likeness (QED) is 0.171. The third-order valence-corrected chi connectivity index (χ3v) is 11.7. The minimum Gasteiger partial charge on any atom is -0.208 e. The van der Waals surface area contributed by atoms with Crippen molar-refractivity contribution in [2.45, 2.75) is 19.3 Å². The van der Waals surface area contributed by atoms with Crippen molar-refractivity contribution in [1.82, 2.24) is 15.0 Å². The van der Waals surface area contributed by atoms with E-state index in [9.17, 15) is 0 Å². The summed E-state index contributed by atoms with van der Waals surface area (Å²) >= 11 is 0. The monoisotopic (exact) mass is 701 g/mol. The molecular weight excluding hydrogens is 667 g/mol. The van der Waals surface area contributed by atoms with E-state index in [1.165, 1.54) is 65.7 Å². The lowest BCUT2D eigenvalue weighted by Crippen LogP contribution is -2.15. The van der Waals surface area contributed by atoms with Crippen molar-refractivity contribution in [1.29, 1.82) is 0 Å². The molecule has 11 rings (SSSR count). The van der Waals surface area contributed by atoms with Gasteiger partial charge in [0, 0.05) is 22.1 Å². The summed E-state index contributed by atoms with van der Waals surface area (Å²) in [4.78, 5) is 15.1. The van der Waals surface area contributed by atoms with E-state index in [-0.39, 0.29) is 5.41 Å². The van der Waals surface area contributed by atoms with Gasteiger partial charge in [0.25, 0.3) is 0 Å². The van der Waals surface area contributed by atoms with Gasteiger partial charge in [0.15, 0.2) is 17.5 Å². The maximum atomic E-state index is 5.07. The third kappa shape index (κ3) is 4.86. The third-order valence-electron chi connectivity index (χ3n) is 11.7. The van der Waals surface area contributed by atoms with Crippen molar-refractivity contribution in [3.63, 3.8) is 0 Å². The summed E-state index contributed by atoms with van der Waals surface area (Å²) < 4.78 is 0. The van der Waals surface area contributed by atoms with Gasteiger partial charge in [-0.1, -0.05) is 178 Å². The van der Waals surface area contributed by atoms with Gasteiger partial charge in [-0.05, 0) is 88.6 Å². The molecule has 10 aromatic rings. The van der Waals surface area contributed by atoms with Crippen LogP contribution in [-0.2, 0) is 5.41 Å². The van der Waals surface area contributed by atoms with E-state index >= 15 is 0 Å². The molecule has 0 aliphatic heterocycles. The zero-order valence-corrected chi connectivity index (χ0v) is 30.6. The fraction of sp³-hybridized carbons (Fsp3) is 0.0577. The van der Waals surface area contributed by atoms with Crippen LogP contribution in [0.4, 0.5) is 0 Å². The van der Waals surface area contributed by atoms with Crippen LogP contribution in [-0.4, -0.2) is 15.0 Å². The van der Waals surface area contributed by atoms with Gasteiger partial charge in [0.1, 0.15) is 0 Å². The fourth-order valence-corrected chi connectivity index (χ4v) is 9.11. The van der Waals surface area contributed by atoms with E-state index < -0.39 is 0 Å². The highest BCUT2D eigenvalue weighted by Crippen LogP contribution is 2.52. The van der Waals surface area contributed by atoms with Crippen molar-refractivity contribution < 1.29 is 0 Å². The van der Waals surface area contributed by atoms with E-state index in [0.717, 1.165) is 27.5 Å². The summed E-state index contributed by atoms with van der Waals surface area (Å²) in [6.45, 7) is 4.75. The predicted molar refractivity (Wildman–Crippen MR) is 229 cm³/mol. The molecular formula is C52H35N3. The molecule has 1 aliphatic rings. The molecule has 0 spiro atoms. The minimum atomic E-state index is -0.0718. The Morgan fingerprint density at radius 1 is 0.345 bits per heavy atom. The molecule has 0 atom stereocenters. The highest BCUT2D eigenvalue weighted by atomic mass is 15.0. The molecule has 1 aromatic heterocycles. The first-order valence-corrected chi connectivity index (χ1v) is 18.9. The maximum Gasteiger partial charge on any atom is 0.164 e. The molecule has 3 heteroatoms. The van der Waals surface area contributed by atoms with Crippen LogP contribution in [0, 0.1) is 0 Å². The van der Waals surface area contributed by atoms with Crippen molar-refractivity contribution in [3.05, 3.63) is 187 Å². The second kappa shape index (κ2) is 12.0. The zero-order valence-electron chi connectivity index (χ0n) is 30.6. The van der Waals surface area contributed by atoms with Crippen molar-refractivity contribution >= 4 is 43.1 Å². The molecule has 0 fully saturated rings. The molecule has 0 saturated carbocycles. The van der Waals surface area contributed by atoms with Crippen LogP contribution in [0.5, 0.6) is 0 Å². The summed E-state index contributed by atoms with van der Waals surface area (Å²) in [5.74, 6) is 1.97. The first-order chi connectivity index (χ1) is 27.0. The molecule has 0 N–H and O–H groups in total. The van der Waals surface area contributed by atoms with Gasteiger partial charge >= 0.3 is 0 Å². The standard InChI is InChI=1S/C52H35N3/c1-52(2)46-20-12-11-19-41(46)43-29-28-42-44(48(43)52)26-23-32-21-22-36-31-35(24-25-38(36)47(32)42)37-27-30-45(40-18-10-9-17-39(37)40)51-54-49(33-13-5-3-6-14-33)53-50(55-51)34-15-7-4-8-16-34/h3-31H,1-2H3. The van der Waals surface area contributed by atoms with E-state index in [1.807, 2.05) is 60.7 Å². The lowest BCUT2D eigenvalue weighted by Gasteiger charge is -2.23. The van der Waals surface area contributed by atoms with Gasteiger partial charge in [-0.3, -0.25) is 0 Å². The Morgan fingerprint density at radius 3 is 1.64 bits per heavy atom. The number of benzene rings is 9. The zero-order chi connectivity index (χ0) is 36.7. The highest BCUT2D eigenvalue weighted by Gasteiger charge is 2.36. The summed E-state index contributed by atoms with van der Waals surface area (Å²) in [7, 11) is 0. The second-order valence-corrected chi connectivity index (χ2v) is 15.2. The number of aromatic nitrogens is 3. The van der Waals surface area contributed by atoms with Crippen LogP contribution in [0.15, 0.2) is 176 Å². The molecule has 0 amide bonds. The number of hydrogen-bond acceptors (Lipinski definition) is 3. The predicted octanol–water partition coefficient (Wildman–Crippen LogP) is 13.5.